The predicted molar refractivity (Wildman–Crippen MR) is 189 cm³/mol. The van der Waals surface area contributed by atoms with Crippen LogP contribution in [0, 0.1) is 63.8 Å². The van der Waals surface area contributed by atoms with E-state index in [-0.39, 0.29) is 109 Å². The molecule has 1 spiro atoms. The van der Waals surface area contributed by atoms with Crippen LogP contribution in [0.25, 0.3) is 0 Å². The molecule has 1 radical (unpaired) electrons. The normalized spacial score (nSPS) is 28.5. The van der Waals surface area contributed by atoms with E-state index < -0.39 is 46.2 Å². The van der Waals surface area contributed by atoms with E-state index in [1.165, 1.54) is 26.0 Å². The minimum Gasteiger partial charge on any atom is -0.507 e. The number of ketones is 1. The van der Waals surface area contributed by atoms with E-state index in [1.807, 2.05) is 19.9 Å². The van der Waals surface area contributed by atoms with Crippen LogP contribution in [-0.4, -0.2) is 89.6 Å². The van der Waals surface area contributed by atoms with Crippen LogP contribution in [0.4, 0.5) is 0 Å². The maximum atomic E-state index is 15.0. The Morgan fingerprint density at radius 2 is 1.75 bits per heavy atom. The average Bonchev–Trinajstić information content (AvgIpc) is 3.63. The Hall–Kier alpha value is -2.93. The van der Waals surface area contributed by atoms with Crippen molar-refractivity contribution in [2.24, 2.45) is 5.92 Å². The summed E-state index contributed by atoms with van der Waals surface area (Å²) in [7, 11) is 4.66. The number of phenols is 3. The number of aromatic hydroxyl groups is 3. The summed E-state index contributed by atoms with van der Waals surface area (Å²) in [6.45, 7) is 5.45. The van der Waals surface area contributed by atoms with Gasteiger partial charge in [0.25, 0.3) is 0 Å². The first-order chi connectivity index (χ1) is 24.8. The molecule has 0 amide bonds. The Balaban J connectivity index is 0.00000435. The fourth-order valence-corrected chi connectivity index (χ4v) is 11.1. The molecule has 2 fully saturated rings. The van der Waals surface area contributed by atoms with Crippen LogP contribution in [0.5, 0.6) is 40.2 Å². The number of carbonyl (C=O) groups excluding carboxylic acids is 2. The van der Waals surface area contributed by atoms with Crippen molar-refractivity contribution in [2.75, 3.05) is 46.9 Å². The van der Waals surface area contributed by atoms with Gasteiger partial charge in [-0.05, 0) is 68.1 Å². The number of phenolic OH excluding ortho intramolecular Hbond substituents is 3. The summed E-state index contributed by atoms with van der Waals surface area (Å²) >= 11 is 1.29. The third-order valence-electron chi connectivity index (χ3n) is 11.7. The van der Waals surface area contributed by atoms with Gasteiger partial charge in [-0.3, -0.25) is 15.0 Å². The van der Waals surface area contributed by atoms with Crippen LogP contribution in [0.1, 0.15) is 68.8 Å². The topological polar surface area (TPSA) is 176 Å². The minimum atomic E-state index is -2.36. The molecule has 1 aliphatic carbocycles. The maximum absolute atomic E-state index is 15.0. The Morgan fingerprint density at radius 1 is 1.02 bits per heavy atom. The van der Waals surface area contributed by atoms with Gasteiger partial charge in [-0.1, -0.05) is 13.0 Å². The molecule has 5 unspecified atom stereocenters. The summed E-state index contributed by atoms with van der Waals surface area (Å²) in [6, 6.07) is 4.32. The smallest absolute Gasteiger partial charge is 0.332 e. The second kappa shape index (κ2) is 13.7. The Bertz CT molecular complexity index is 2060. The van der Waals surface area contributed by atoms with Gasteiger partial charge in [0.15, 0.2) is 57.5 Å². The largest absolute Gasteiger partial charge is 0.507 e. The summed E-state index contributed by atoms with van der Waals surface area (Å²) in [4.78, 5) is 31.4. The number of hydrogen-bond donors (Lipinski definition) is 5. The number of rotatable bonds is 4. The second-order valence-corrected chi connectivity index (χ2v) is 15.4. The zero-order valence-electron chi connectivity index (χ0n) is 30.4. The van der Waals surface area contributed by atoms with Crippen molar-refractivity contribution in [3.63, 3.8) is 0 Å². The number of ether oxygens (including phenoxy) is 5. The average molecular weight is 962 g/mol. The number of nitrogens with one attached hydrogen (secondary N) is 1. The molecular weight excluding hydrogens is 919 g/mol. The molecule has 3 aromatic rings. The Morgan fingerprint density at radius 3 is 2.45 bits per heavy atom. The van der Waals surface area contributed by atoms with Gasteiger partial charge in [0, 0.05) is 90.3 Å². The van der Waals surface area contributed by atoms with Gasteiger partial charge in [-0.25, -0.2) is 4.79 Å². The van der Waals surface area contributed by atoms with Crippen molar-refractivity contribution >= 4 is 23.5 Å². The van der Waals surface area contributed by atoms with E-state index in [4.69, 9.17) is 23.7 Å². The quantitative estimate of drug-likeness (QED) is 0.239. The monoisotopic (exact) mass is 961 g/mol. The van der Waals surface area contributed by atoms with Crippen molar-refractivity contribution in [3.05, 3.63) is 62.7 Å². The molecule has 13 nitrogen and oxygen atoms in total. The van der Waals surface area contributed by atoms with Crippen LogP contribution in [-0.2, 0) is 32.7 Å². The molecule has 2 bridgehead atoms. The molecule has 5 aliphatic heterocycles. The second-order valence-electron chi connectivity index (χ2n) is 14.3. The first kappa shape index (κ1) is 38.4. The molecule has 3 aromatic carbocycles. The molecule has 0 aromatic heterocycles. The molecule has 5 N–H and O–H groups in total. The SMILES string of the molecule is CCc1cc(C)c(OC)c(O)c1C1C2C3SC[C@]4(NCCc5cc(O)c(OC)cc54)C(=O)OC(c4c5c(c(C)c(O)c43)OCO5)C2(O)C(=O)CN1C.[Ac]. The number of likely N-dealkylation sites (N-methyl/N-ethyl adjacent to an activating group) is 1. The van der Waals surface area contributed by atoms with E-state index in [9.17, 15) is 30.0 Å². The minimum absolute atomic E-state index is 0. The number of benzene rings is 3. The molecule has 15 heteroatoms. The van der Waals surface area contributed by atoms with Gasteiger partial charge in [-0.15, -0.1) is 0 Å². The fourth-order valence-electron chi connectivity index (χ4n) is 9.29. The number of hydrogen-bond acceptors (Lipinski definition) is 14. The third kappa shape index (κ3) is 5.24. The number of carbonyl (C=O) groups is 2. The zero-order valence-corrected chi connectivity index (χ0v) is 35.9. The number of esters is 1. The molecular formula is C38H42AcN2O11S. The van der Waals surface area contributed by atoms with Crippen molar-refractivity contribution in [2.45, 2.75) is 62.1 Å². The van der Waals surface area contributed by atoms with E-state index in [1.54, 1.807) is 31.0 Å². The Kier molecular flexibility index (Phi) is 9.89. The van der Waals surface area contributed by atoms with E-state index >= 15 is 0 Å². The number of thioether (sulfide) groups is 1. The number of likely N-dealkylation sites (tertiary alicyclic amines) is 1. The van der Waals surface area contributed by atoms with Crippen LogP contribution >= 0.6 is 11.8 Å². The van der Waals surface area contributed by atoms with Crippen molar-refractivity contribution < 1.29 is 97.8 Å². The van der Waals surface area contributed by atoms with E-state index in [2.05, 4.69) is 5.32 Å². The summed E-state index contributed by atoms with van der Waals surface area (Å²) in [5.74, 6) is -1.81. The zero-order chi connectivity index (χ0) is 37.0. The summed E-state index contributed by atoms with van der Waals surface area (Å²) < 4.78 is 29.5. The number of aliphatic hydroxyl groups is 1. The number of fused-ring (bicyclic) bond motifs is 4. The third-order valence-corrected chi connectivity index (χ3v) is 13.2. The van der Waals surface area contributed by atoms with Gasteiger partial charge in [-0.2, -0.15) is 11.8 Å². The van der Waals surface area contributed by atoms with Gasteiger partial charge in [0.05, 0.1) is 26.3 Å². The molecule has 2 saturated heterocycles. The number of methoxy groups -OCH3 is 2. The van der Waals surface area contributed by atoms with Gasteiger partial charge < -0.3 is 44.1 Å². The molecule has 6 atom stereocenters. The van der Waals surface area contributed by atoms with Crippen molar-refractivity contribution in [3.8, 4) is 40.2 Å². The van der Waals surface area contributed by atoms with Crippen molar-refractivity contribution in [1.82, 2.24) is 10.2 Å². The number of nitrogens with zero attached hydrogens (tertiary/aromatic N) is 1. The molecule has 9 rings (SSSR count). The van der Waals surface area contributed by atoms with Gasteiger partial charge in [0.2, 0.25) is 6.79 Å². The molecule has 53 heavy (non-hydrogen) atoms. The predicted octanol–water partition coefficient (Wildman–Crippen LogP) is 3.76. The van der Waals surface area contributed by atoms with Crippen LogP contribution in [0.3, 0.4) is 0 Å². The molecule has 279 valence electrons. The van der Waals surface area contributed by atoms with Crippen LogP contribution in [0.2, 0.25) is 0 Å². The summed E-state index contributed by atoms with van der Waals surface area (Å²) in [5.41, 5.74) is 0.315. The van der Waals surface area contributed by atoms with Gasteiger partial charge >= 0.3 is 5.97 Å². The van der Waals surface area contributed by atoms with Crippen molar-refractivity contribution in [1.29, 1.82) is 0 Å². The number of Topliss-reactive ketones (excluding diaryl/α,β-unsaturated/α-hetero) is 1. The summed E-state index contributed by atoms with van der Waals surface area (Å²) in [5, 5.41) is 50.6. The van der Waals surface area contributed by atoms with Crippen LogP contribution < -0.4 is 24.3 Å². The molecule has 6 aliphatic rings. The number of piperidine rings is 1. The van der Waals surface area contributed by atoms with E-state index in [0.29, 0.717) is 47.2 Å². The molecule has 0 saturated carbocycles. The number of aryl methyl sites for hydroxylation is 2. The summed E-state index contributed by atoms with van der Waals surface area (Å²) in [6.07, 6.45) is -0.626. The van der Waals surface area contributed by atoms with E-state index in [0.717, 1.165) is 11.1 Å². The first-order valence-corrected chi connectivity index (χ1v) is 18.4. The Labute approximate surface area is 346 Å². The maximum Gasteiger partial charge on any atom is 0.332 e. The fraction of sp³-hybridized carbons (Fsp3) is 0.474. The van der Waals surface area contributed by atoms with Crippen LogP contribution in [0.15, 0.2) is 18.2 Å². The molecule has 5 heterocycles. The standard InChI is InChI=1S/C38H42N2O11S.Ac/c1-7-18-10-16(2)31(48-6)30(44)24(18)28-27-34-25-26(33-32(49-15-50-33)17(3)29(25)43)35(38(27,46)23(42)13-40(28)4)51-36(45)37(14-52-34)20-12-22(47-5)21(41)11-19(20)8-9-39-37;/h10-12,27-28,34-35,39,41,43-44,46H,7-9,13-15H2,1-6H3;/t27?,28?,34?,35?,37-,38?;/m1./s1. The van der Waals surface area contributed by atoms with Gasteiger partial charge in [0.1, 0.15) is 5.75 Å². The first-order valence-electron chi connectivity index (χ1n) is 17.3.